The molecule has 0 bridgehead atoms. The van der Waals surface area contributed by atoms with Crippen LogP contribution in [0.25, 0.3) is 0 Å². The molecule has 0 amide bonds. The Hall–Kier alpha value is -3.53. The number of carboxylic acid groups (broad SMARTS) is 1. The lowest BCUT2D eigenvalue weighted by Crippen LogP contribution is -2.40. The van der Waals surface area contributed by atoms with Crippen LogP contribution < -0.4 is 0 Å². The van der Waals surface area contributed by atoms with Crippen molar-refractivity contribution in [2.45, 2.75) is 411 Å². The third-order valence-corrected chi connectivity index (χ3v) is 18.6. The molecule has 1 N–H and O–H groups in total. The quantitative estimate of drug-likeness (QED) is 0.0211. The maximum absolute atomic E-state index is 13.0. The number of rotatable bonds is 78. The van der Waals surface area contributed by atoms with Gasteiger partial charge in [0.1, 0.15) is 13.2 Å². The van der Waals surface area contributed by atoms with Gasteiger partial charge in [0.25, 0.3) is 6.29 Å². The molecule has 0 aliphatic carbocycles. The second kappa shape index (κ2) is 78.2. The number of hydrogen-bond acceptors (Lipinski definition) is 7. The number of quaternary nitrogens is 1. The molecular formula is C88H160NO8+. The van der Waals surface area contributed by atoms with E-state index in [2.05, 4.69) is 98.9 Å². The van der Waals surface area contributed by atoms with Crippen molar-refractivity contribution in [3.8, 4) is 0 Å². The van der Waals surface area contributed by atoms with Crippen LogP contribution in [0.5, 0.6) is 0 Å². The minimum atomic E-state index is -1.51. The standard InChI is InChI=1S/C88H159NO8/c1-6-8-10-12-14-16-18-20-22-24-26-28-30-32-34-36-38-40-41-42-43-44-45-47-48-50-52-54-56-58-60-62-64-66-68-70-72-74-76-78-85(90)95-82-84(83-96-88(87(92)93)94-81-80-89(3,4)5)97-86(91)79-77-75-73-71-69-67-65-63-61-59-57-55-53-51-49-46-39-37-35-33-31-29-27-25-23-21-19-17-15-13-11-9-7-2/h9,11,15,17-18,20-21,23-24,26-27,29,33,35,84,88H,6-8,10,12-14,16,19,22,25,28,30-32,34,36-83H2,1-5H3/p+1/b11-9-,17-15-,20-18-,23-21-,26-24-,29-27-,35-33-. The van der Waals surface area contributed by atoms with Gasteiger partial charge in [0.2, 0.25) is 0 Å². The second-order valence-corrected chi connectivity index (χ2v) is 29.4. The molecule has 0 radical (unpaired) electrons. The first-order valence-electron chi connectivity index (χ1n) is 41.8. The van der Waals surface area contributed by atoms with Gasteiger partial charge >= 0.3 is 17.9 Å². The second-order valence-electron chi connectivity index (χ2n) is 29.4. The van der Waals surface area contributed by atoms with Gasteiger partial charge in [-0.25, -0.2) is 4.79 Å². The van der Waals surface area contributed by atoms with E-state index < -0.39 is 18.4 Å². The molecule has 9 heteroatoms. The SMILES string of the molecule is CC/C=C\C/C=C\C/C=C\C/C=C\C/C=C\CCCCCCCCCCCCCCCCCCCC(=O)OC(COC(=O)CCCCCCCCCCCCCCCCCCCCCCCCCCCCC/C=C\C/C=C\CCCCCCC)COC(OCC[N+](C)(C)C)C(=O)O. The summed E-state index contributed by atoms with van der Waals surface area (Å²) in [6.45, 7) is 4.81. The zero-order chi connectivity index (χ0) is 70.4. The van der Waals surface area contributed by atoms with Crippen molar-refractivity contribution in [2.24, 2.45) is 0 Å². The number of unbranched alkanes of at least 4 members (excludes halogenated alkanes) is 49. The van der Waals surface area contributed by atoms with Crippen LogP contribution in [0.1, 0.15) is 399 Å². The summed E-state index contributed by atoms with van der Waals surface area (Å²) in [5.41, 5.74) is 0. The number of aliphatic carboxylic acids is 1. The first-order valence-corrected chi connectivity index (χ1v) is 41.8. The van der Waals surface area contributed by atoms with Gasteiger partial charge in [-0.1, -0.05) is 381 Å². The lowest BCUT2D eigenvalue weighted by molar-refractivity contribution is -0.870. The van der Waals surface area contributed by atoms with Crippen LogP contribution in [0, 0.1) is 0 Å². The molecule has 0 saturated carbocycles. The van der Waals surface area contributed by atoms with E-state index in [0.717, 1.165) is 77.0 Å². The van der Waals surface area contributed by atoms with Crippen LogP contribution in [-0.4, -0.2) is 87.4 Å². The number of carboxylic acids is 1. The van der Waals surface area contributed by atoms with Gasteiger partial charge < -0.3 is 28.5 Å². The highest BCUT2D eigenvalue weighted by molar-refractivity contribution is 5.71. The highest BCUT2D eigenvalue weighted by Crippen LogP contribution is 2.20. The fourth-order valence-electron chi connectivity index (χ4n) is 12.3. The Bertz CT molecular complexity index is 1870. The Kier molecular flexibility index (Phi) is 75.3. The molecular weight excluding hydrogens is 1200 g/mol. The van der Waals surface area contributed by atoms with Gasteiger partial charge in [0, 0.05) is 12.8 Å². The predicted octanol–water partition coefficient (Wildman–Crippen LogP) is 26.9. The maximum atomic E-state index is 13.0. The average Bonchev–Trinajstić information content (AvgIpc) is 2.59. The molecule has 0 aliphatic heterocycles. The lowest BCUT2D eigenvalue weighted by Gasteiger charge is -2.25. The zero-order valence-electron chi connectivity index (χ0n) is 64.7. The zero-order valence-corrected chi connectivity index (χ0v) is 64.7. The van der Waals surface area contributed by atoms with Gasteiger partial charge in [0.15, 0.2) is 6.10 Å². The molecule has 9 nitrogen and oxygen atoms in total. The van der Waals surface area contributed by atoms with Gasteiger partial charge in [-0.15, -0.1) is 0 Å². The number of nitrogens with zero attached hydrogens (tertiary/aromatic N) is 1. The summed E-state index contributed by atoms with van der Waals surface area (Å²) >= 11 is 0. The van der Waals surface area contributed by atoms with Gasteiger partial charge in [0.05, 0.1) is 34.4 Å². The normalized spacial score (nSPS) is 13.0. The maximum Gasteiger partial charge on any atom is 0.361 e. The number of ether oxygens (including phenoxy) is 4. The third kappa shape index (κ3) is 79.7. The van der Waals surface area contributed by atoms with Crippen LogP contribution in [0.3, 0.4) is 0 Å². The van der Waals surface area contributed by atoms with E-state index in [1.807, 2.05) is 21.1 Å². The summed E-state index contributed by atoms with van der Waals surface area (Å²) in [6.07, 6.45) is 105. The minimum absolute atomic E-state index is 0.179. The number of esters is 2. The summed E-state index contributed by atoms with van der Waals surface area (Å²) in [5, 5.41) is 9.78. The number of allylic oxidation sites excluding steroid dienone is 14. The summed E-state index contributed by atoms with van der Waals surface area (Å²) in [4.78, 5) is 37.8. The van der Waals surface area contributed by atoms with E-state index in [1.54, 1.807) is 0 Å². The van der Waals surface area contributed by atoms with Crippen LogP contribution >= 0.6 is 0 Å². The fraction of sp³-hybridized carbons (Fsp3) is 0.807. The molecule has 2 unspecified atom stereocenters. The number of carbonyl (C=O) groups excluding carboxylic acids is 2. The molecule has 0 saturated heterocycles. The molecule has 0 aliphatic rings. The molecule has 0 aromatic rings. The van der Waals surface area contributed by atoms with Crippen molar-refractivity contribution in [3.63, 3.8) is 0 Å². The van der Waals surface area contributed by atoms with Gasteiger partial charge in [-0.3, -0.25) is 9.59 Å². The highest BCUT2D eigenvalue weighted by Gasteiger charge is 2.25. The first-order chi connectivity index (χ1) is 47.6. The topological polar surface area (TPSA) is 108 Å². The molecule has 0 aromatic heterocycles. The van der Waals surface area contributed by atoms with E-state index in [1.165, 1.54) is 295 Å². The number of hydrogen-bond donors (Lipinski definition) is 1. The molecule has 2 atom stereocenters. The van der Waals surface area contributed by atoms with Crippen LogP contribution in [0.15, 0.2) is 85.1 Å². The predicted molar refractivity (Wildman–Crippen MR) is 419 cm³/mol. The van der Waals surface area contributed by atoms with Crippen molar-refractivity contribution in [2.75, 3.05) is 47.5 Å². The monoisotopic (exact) mass is 1360 g/mol. The Labute approximate surface area is 601 Å². The van der Waals surface area contributed by atoms with Gasteiger partial charge in [-0.05, 0) is 89.9 Å². The Morgan fingerprint density at radius 2 is 0.588 bits per heavy atom. The molecule has 0 fully saturated rings. The summed E-state index contributed by atoms with van der Waals surface area (Å²) in [7, 11) is 6.00. The third-order valence-electron chi connectivity index (χ3n) is 18.6. The summed E-state index contributed by atoms with van der Waals surface area (Å²) < 4.78 is 23.1. The molecule has 564 valence electrons. The van der Waals surface area contributed by atoms with Crippen LogP contribution in [0.2, 0.25) is 0 Å². The van der Waals surface area contributed by atoms with Crippen LogP contribution in [0.4, 0.5) is 0 Å². The van der Waals surface area contributed by atoms with E-state index in [9.17, 15) is 19.5 Å². The van der Waals surface area contributed by atoms with E-state index in [4.69, 9.17) is 18.9 Å². The van der Waals surface area contributed by atoms with Crippen molar-refractivity contribution >= 4 is 17.9 Å². The van der Waals surface area contributed by atoms with Crippen molar-refractivity contribution in [1.29, 1.82) is 0 Å². The summed E-state index contributed by atoms with van der Waals surface area (Å²) in [6, 6.07) is 0. The lowest BCUT2D eigenvalue weighted by atomic mass is 10.0. The molecule has 0 heterocycles. The summed E-state index contributed by atoms with van der Waals surface area (Å²) in [5.74, 6) is -1.98. The fourth-order valence-corrected chi connectivity index (χ4v) is 12.3. The van der Waals surface area contributed by atoms with Crippen molar-refractivity contribution in [3.05, 3.63) is 85.1 Å². The Balaban J connectivity index is 3.95. The van der Waals surface area contributed by atoms with Crippen LogP contribution in [-0.2, 0) is 33.3 Å². The molecule has 0 aromatic carbocycles. The smallest absolute Gasteiger partial charge is 0.361 e. The van der Waals surface area contributed by atoms with E-state index in [0.29, 0.717) is 17.4 Å². The minimum Gasteiger partial charge on any atom is -0.477 e. The first kappa shape index (κ1) is 93.5. The van der Waals surface area contributed by atoms with Crippen molar-refractivity contribution in [1.82, 2.24) is 0 Å². The largest absolute Gasteiger partial charge is 0.477 e. The Morgan fingerprint density at radius 3 is 0.876 bits per heavy atom. The molecule has 97 heavy (non-hydrogen) atoms. The molecule has 0 spiro atoms. The number of carbonyl (C=O) groups is 3. The number of likely N-dealkylation sites (N-methyl/N-ethyl adjacent to an activating group) is 1. The molecule has 0 rings (SSSR count). The van der Waals surface area contributed by atoms with Crippen molar-refractivity contribution < 1.29 is 42.9 Å². The van der Waals surface area contributed by atoms with Gasteiger partial charge in [-0.2, -0.15) is 0 Å². The Morgan fingerprint density at radius 1 is 0.320 bits per heavy atom. The van der Waals surface area contributed by atoms with E-state index in [-0.39, 0.29) is 38.2 Å². The van der Waals surface area contributed by atoms with E-state index >= 15 is 0 Å². The highest BCUT2D eigenvalue weighted by atomic mass is 16.7. The average molecular weight is 1360 g/mol.